The summed E-state index contributed by atoms with van der Waals surface area (Å²) in [6.45, 7) is 2.05. The second kappa shape index (κ2) is 11.0. The second-order valence-electron chi connectivity index (χ2n) is 11.0. The van der Waals surface area contributed by atoms with Gasteiger partial charge in [0.2, 0.25) is 0 Å². The zero-order valence-electron chi connectivity index (χ0n) is 24.4. The van der Waals surface area contributed by atoms with E-state index in [1.807, 2.05) is 11.3 Å². The molecular weight excluding hydrogens is 553 g/mol. The van der Waals surface area contributed by atoms with Gasteiger partial charge in [-0.15, -0.1) is 11.3 Å². The molecule has 8 rings (SSSR count). The minimum Gasteiger partial charge on any atom is -0.317 e. The number of para-hydroxylation sites is 1. The molecule has 0 aliphatic heterocycles. The lowest BCUT2D eigenvalue weighted by Crippen LogP contribution is -2.09. The topological polar surface area (TPSA) is 8.17 Å². The lowest BCUT2D eigenvalue weighted by molar-refractivity contribution is 1.13. The van der Waals surface area contributed by atoms with E-state index in [1.165, 1.54) is 47.8 Å². The van der Waals surface area contributed by atoms with Crippen LogP contribution in [0.5, 0.6) is 0 Å². The zero-order chi connectivity index (χ0) is 29.5. The van der Waals surface area contributed by atoms with Gasteiger partial charge in [-0.3, -0.25) is 0 Å². The van der Waals surface area contributed by atoms with E-state index < -0.39 is 0 Å². The minimum absolute atomic E-state index is 1.13. The van der Waals surface area contributed by atoms with E-state index in [-0.39, 0.29) is 0 Å². The molecule has 0 unspecified atom stereocenters. The van der Waals surface area contributed by atoms with Gasteiger partial charge in [-0.1, -0.05) is 84.9 Å². The molecule has 0 aliphatic carbocycles. The van der Waals surface area contributed by atoms with Crippen LogP contribution < -0.4 is 4.90 Å². The average molecular weight is 583 g/mol. The maximum Gasteiger partial charge on any atom is 0.0528 e. The molecule has 210 valence electrons. The Bertz CT molecular complexity index is 2270. The number of hydrogen-bond donors (Lipinski definition) is 0. The van der Waals surface area contributed by atoms with E-state index in [0.29, 0.717) is 0 Å². The highest BCUT2D eigenvalue weighted by atomic mass is 32.1. The first-order valence-corrected chi connectivity index (χ1v) is 15.8. The predicted molar refractivity (Wildman–Crippen MR) is 191 cm³/mol. The zero-order valence-corrected chi connectivity index (χ0v) is 25.2. The maximum absolute atomic E-state index is 2.36. The van der Waals surface area contributed by atoms with Crippen LogP contribution in [0.15, 0.2) is 158 Å². The van der Waals surface area contributed by atoms with E-state index in [1.54, 1.807) is 0 Å². The van der Waals surface area contributed by atoms with Crippen molar-refractivity contribution in [3.63, 3.8) is 0 Å². The number of aromatic nitrogens is 1. The molecule has 0 N–H and O–H groups in total. The summed E-state index contributed by atoms with van der Waals surface area (Å²) >= 11 is 1.85. The number of allylic oxidation sites excluding steroid dienone is 1. The third-order valence-electron chi connectivity index (χ3n) is 8.33. The highest BCUT2D eigenvalue weighted by molar-refractivity contribution is 7.25. The van der Waals surface area contributed by atoms with Crippen molar-refractivity contribution in [1.29, 1.82) is 0 Å². The van der Waals surface area contributed by atoms with Crippen LogP contribution >= 0.6 is 11.3 Å². The summed E-state index contributed by atoms with van der Waals surface area (Å²) in [6.07, 6.45) is 6.36. The lowest BCUT2D eigenvalue weighted by atomic mass is 10.0. The molecule has 6 aromatic carbocycles. The Morgan fingerprint density at radius 1 is 0.568 bits per heavy atom. The first-order valence-electron chi connectivity index (χ1n) is 15.0. The van der Waals surface area contributed by atoms with Crippen LogP contribution in [0.3, 0.4) is 0 Å². The van der Waals surface area contributed by atoms with Gasteiger partial charge in [0.1, 0.15) is 0 Å². The van der Waals surface area contributed by atoms with Crippen LogP contribution in [0.25, 0.3) is 54.0 Å². The second-order valence-corrected chi connectivity index (χ2v) is 12.1. The van der Waals surface area contributed by atoms with Gasteiger partial charge in [-0.2, -0.15) is 0 Å². The van der Waals surface area contributed by atoms with E-state index in [9.17, 15) is 0 Å². The highest BCUT2D eigenvalue weighted by Crippen LogP contribution is 2.41. The van der Waals surface area contributed by atoms with Gasteiger partial charge in [-0.05, 0) is 102 Å². The molecule has 0 atom stereocenters. The van der Waals surface area contributed by atoms with Crippen molar-refractivity contribution >= 4 is 65.6 Å². The fraction of sp³-hybridized carbons (Fsp3) is 0.0244. The Balaban J connectivity index is 1.16. The number of nitrogens with zero attached hydrogens (tertiary/aromatic N) is 2. The Morgan fingerprint density at radius 2 is 1.20 bits per heavy atom. The number of rotatable bonds is 6. The van der Waals surface area contributed by atoms with Crippen molar-refractivity contribution in [2.45, 2.75) is 6.92 Å². The van der Waals surface area contributed by atoms with Crippen molar-refractivity contribution in [1.82, 2.24) is 4.57 Å². The molecule has 8 aromatic rings. The highest BCUT2D eigenvalue weighted by Gasteiger charge is 2.15. The number of thiophene rings is 1. The quantitative estimate of drug-likeness (QED) is 0.189. The lowest BCUT2D eigenvalue weighted by Gasteiger charge is -2.26. The van der Waals surface area contributed by atoms with Gasteiger partial charge in [-0.25, -0.2) is 0 Å². The smallest absolute Gasteiger partial charge is 0.0528 e. The molecule has 44 heavy (non-hydrogen) atoms. The fourth-order valence-electron chi connectivity index (χ4n) is 6.15. The molecule has 0 aliphatic rings. The Morgan fingerprint density at radius 3 is 1.98 bits per heavy atom. The van der Waals surface area contributed by atoms with Crippen LogP contribution in [0.1, 0.15) is 12.5 Å². The third-order valence-corrected chi connectivity index (χ3v) is 9.48. The van der Waals surface area contributed by atoms with Crippen molar-refractivity contribution in [3.8, 4) is 16.8 Å². The standard InChI is InChI=1S/C41H30N2S/c1-2-7-29-12-18-34(19-13-29)43(36-24-25-41-38(28-36)37-9-4-6-11-40(37)44-41)35-22-16-31(17-23-35)30-14-20-33(21-15-30)42-27-26-32-8-3-5-10-39(32)42/h2-28H,1H3/b7-2+. The van der Waals surface area contributed by atoms with Crippen molar-refractivity contribution in [3.05, 3.63) is 163 Å². The summed E-state index contributed by atoms with van der Waals surface area (Å²) < 4.78 is 4.88. The summed E-state index contributed by atoms with van der Waals surface area (Å²) in [6, 6.07) is 52.8. The Hall–Kier alpha value is -5.38. The molecule has 0 saturated heterocycles. The predicted octanol–water partition coefficient (Wildman–Crippen LogP) is 12.2. The van der Waals surface area contributed by atoms with Gasteiger partial charge in [0.05, 0.1) is 5.52 Å². The molecule has 3 heteroatoms. The molecule has 0 amide bonds. The summed E-state index contributed by atoms with van der Waals surface area (Å²) in [5.41, 5.74) is 9.38. The maximum atomic E-state index is 2.36. The van der Waals surface area contributed by atoms with Gasteiger partial charge in [0, 0.05) is 49.1 Å². The van der Waals surface area contributed by atoms with Crippen molar-refractivity contribution in [2.75, 3.05) is 4.90 Å². The van der Waals surface area contributed by atoms with E-state index >= 15 is 0 Å². The summed E-state index contributed by atoms with van der Waals surface area (Å²) in [4.78, 5) is 2.36. The monoisotopic (exact) mass is 582 g/mol. The first kappa shape index (κ1) is 26.3. The van der Waals surface area contributed by atoms with Gasteiger partial charge in [0.25, 0.3) is 0 Å². The molecular formula is C41H30N2S. The number of anilines is 3. The van der Waals surface area contributed by atoms with Crippen LogP contribution in [0.2, 0.25) is 0 Å². The summed E-state index contributed by atoms with van der Waals surface area (Å²) in [5.74, 6) is 0. The Labute approximate surface area is 261 Å². The van der Waals surface area contributed by atoms with E-state index in [2.05, 4.69) is 180 Å². The van der Waals surface area contributed by atoms with Crippen molar-refractivity contribution < 1.29 is 0 Å². The third kappa shape index (κ3) is 4.68. The molecule has 0 radical (unpaired) electrons. The normalized spacial score (nSPS) is 11.7. The molecule has 0 saturated carbocycles. The number of hydrogen-bond acceptors (Lipinski definition) is 2. The SMILES string of the molecule is C/C=C/c1ccc(N(c2ccc(-c3ccc(-n4ccc5ccccc54)cc3)cc2)c2ccc3sc4ccccc4c3c2)cc1. The summed E-state index contributed by atoms with van der Waals surface area (Å²) in [7, 11) is 0. The Kier molecular flexibility index (Phi) is 6.59. The molecule has 0 spiro atoms. The van der Waals surface area contributed by atoms with Crippen molar-refractivity contribution in [2.24, 2.45) is 0 Å². The van der Waals surface area contributed by atoms with E-state index in [4.69, 9.17) is 0 Å². The minimum atomic E-state index is 1.13. The first-order chi connectivity index (χ1) is 21.7. The molecule has 2 heterocycles. The van der Waals surface area contributed by atoms with Crippen LogP contribution in [-0.4, -0.2) is 4.57 Å². The molecule has 0 bridgehead atoms. The average Bonchev–Trinajstić information content (AvgIpc) is 3.68. The molecule has 0 fully saturated rings. The molecule has 2 aromatic heterocycles. The summed E-state index contributed by atoms with van der Waals surface area (Å²) in [5, 5.41) is 3.86. The number of benzene rings is 6. The van der Waals surface area contributed by atoms with Gasteiger partial charge >= 0.3 is 0 Å². The van der Waals surface area contributed by atoms with Gasteiger partial charge in [0.15, 0.2) is 0 Å². The number of fused-ring (bicyclic) bond motifs is 4. The van der Waals surface area contributed by atoms with E-state index in [0.717, 1.165) is 22.7 Å². The fourth-order valence-corrected chi connectivity index (χ4v) is 7.24. The van der Waals surface area contributed by atoms with Crippen LogP contribution in [-0.2, 0) is 0 Å². The van der Waals surface area contributed by atoms with Crippen LogP contribution in [0, 0.1) is 0 Å². The largest absolute Gasteiger partial charge is 0.317 e. The molecule has 2 nitrogen and oxygen atoms in total. The van der Waals surface area contributed by atoms with Crippen LogP contribution in [0.4, 0.5) is 17.1 Å². The van der Waals surface area contributed by atoms with Gasteiger partial charge < -0.3 is 9.47 Å².